The quantitative estimate of drug-likeness (QED) is 0.480. The van der Waals surface area contributed by atoms with Gasteiger partial charge in [-0.25, -0.2) is 4.98 Å². The van der Waals surface area contributed by atoms with E-state index >= 15 is 0 Å². The van der Waals surface area contributed by atoms with Crippen molar-refractivity contribution in [2.24, 2.45) is 0 Å². The van der Waals surface area contributed by atoms with E-state index in [4.69, 9.17) is 0 Å². The number of amides is 1. The minimum absolute atomic E-state index is 0.141. The minimum Gasteiger partial charge on any atom is -0.321 e. The van der Waals surface area contributed by atoms with Crippen LogP contribution < -0.4 is 10.9 Å². The Morgan fingerprint density at radius 1 is 1.06 bits per heavy atom. The average Bonchev–Trinajstić information content (AvgIpc) is 3.26. The number of anilines is 1. The van der Waals surface area contributed by atoms with Crippen molar-refractivity contribution >= 4 is 22.9 Å². The summed E-state index contributed by atoms with van der Waals surface area (Å²) in [6.45, 7) is 7.64. The first-order valence-corrected chi connectivity index (χ1v) is 10.9. The fraction of sp³-hybridized carbons (Fsp3) is 0.208. The second-order valence-electron chi connectivity index (χ2n) is 7.70. The number of hydrogen-bond donors (Lipinski definition) is 2. The molecule has 0 atom stereocenters. The van der Waals surface area contributed by atoms with Crippen LogP contribution in [0.1, 0.15) is 43.3 Å². The number of nitrogens with zero attached hydrogens (tertiary/aromatic N) is 2. The van der Waals surface area contributed by atoms with Crippen molar-refractivity contribution in [2.45, 2.75) is 34.1 Å². The summed E-state index contributed by atoms with van der Waals surface area (Å²) in [6.07, 6.45) is 0.541. The van der Waals surface area contributed by atoms with Gasteiger partial charge in [0.25, 0.3) is 11.5 Å². The molecule has 4 rings (SSSR count). The van der Waals surface area contributed by atoms with Crippen LogP contribution >= 0.6 is 11.3 Å². The van der Waals surface area contributed by atoms with Gasteiger partial charge in [-0.05, 0) is 44.9 Å². The van der Waals surface area contributed by atoms with Gasteiger partial charge in [0.1, 0.15) is 4.88 Å². The van der Waals surface area contributed by atoms with E-state index in [9.17, 15) is 9.59 Å². The molecular weight excluding hydrogens is 408 g/mol. The summed E-state index contributed by atoms with van der Waals surface area (Å²) in [5.74, 6) is -0.230. The first kappa shape index (κ1) is 20.8. The highest BCUT2D eigenvalue weighted by atomic mass is 32.1. The molecule has 0 aliphatic carbocycles. The van der Waals surface area contributed by atoms with Crippen LogP contribution in [-0.4, -0.2) is 20.7 Å². The summed E-state index contributed by atoms with van der Waals surface area (Å²) in [5.41, 5.74) is 5.94. The van der Waals surface area contributed by atoms with Crippen molar-refractivity contribution in [1.82, 2.24) is 14.8 Å². The highest BCUT2D eigenvalue weighted by molar-refractivity contribution is 7.16. The summed E-state index contributed by atoms with van der Waals surface area (Å²) in [5, 5.41) is 6.51. The molecule has 0 saturated carbocycles. The fourth-order valence-electron chi connectivity index (χ4n) is 3.41. The Morgan fingerprint density at radius 3 is 2.48 bits per heavy atom. The van der Waals surface area contributed by atoms with Gasteiger partial charge in [0.05, 0.1) is 5.69 Å². The number of carbonyl (C=O) groups excluding carboxylic acids is 1. The number of aryl methyl sites for hydroxylation is 4. The maximum absolute atomic E-state index is 13.1. The van der Waals surface area contributed by atoms with Crippen molar-refractivity contribution in [3.63, 3.8) is 0 Å². The third-order valence-electron chi connectivity index (χ3n) is 5.27. The molecule has 158 valence electrons. The summed E-state index contributed by atoms with van der Waals surface area (Å²) in [7, 11) is 0. The summed E-state index contributed by atoms with van der Waals surface area (Å²) in [6, 6.07) is 15.8. The molecule has 2 aromatic heterocycles. The third-order valence-corrected chi connectivity index (χ3v) is 6.41. The van der Waals surface area contributed by atoms with E-state index in [-0.39, 0.29) is 11.5 Å². The maximum Gasteiger partial charge on any atom is 0.277 e. The van der Waals surface area contributed by atoms with Gasteiger partial charge in [-0.3, -0.25) is 14.7 Å². The molecule has 0 spiro atoms. The number of hydrogen-bond acceptors (Lipinski definition) is 4. The van der Waals surface area contributed by atoms with Gasteiger partial charge >= 0.3 is 0 Å². The number of H-pyrrole nitrogens is 1. The van der Waals surface area contributed by atoms with Gasteiger partial charge < -0.3 is 5.32 Å². The first-order chi connectivity index (χ1) is 14.8. The van der Waals surface area contributed by atoms with Crippen LogP contribution in [-0.2, 0) is 6.42 Å². The first-order valence-electron chi connectivity index (χ1n) is 10.0. The zero-order valence-corrected chi connectivity index (χ0v) is 18.8. The molecule has 0 saturated heterocycles. The Kier molecular flexibility index (Phi) is 5.61. The molecule has 7 heteroatoms. The van der Waals surface area contributed by atoms with E-state index in [1.54, 1.807) is 6.92 Å². The zero-order valence-electron chi connectivity index (χ0n) is 17.9. The number of aromatic nitrogens is 3. The molecule has 2 aromatic carbocycles. The van der Waals surface area contributed by atoms with Crippen molar-refractivity contribution < 1.29 is 4.79 Å². The third kappa shape index (κ3) is 4.22. The molecular formula is C24H24N4O2S. The molecule has 0 aliphatic rings. The molecule has 4 aromatic rings. The van der Waals surface area contributed by atoms with Crippen LogP contribution in [0, 0.1) is 27.7 Å². The van der Waals surface area contributed by atoms with Crippen molar-refractivity contribution in [1.29, 1.82) is 0 Å². The highest BCUT2D eigenvalue weighted by Gasteiger charge is 2.20. The molecule has 0 radical (unpaired) electrons. The van der Waals surface area contributed by atoms with E-state index in [1.165, 1.54) is 21.6 Å². The predicted molar refractivity (Wildman–Crippen MR) is 125 cm³/mol. The van der Waals surface area contributed by atoms with Crippen LogP contribution in [0.2, 0.25) is 0 Å². The maximum atomic E-state index is 13.1. The summed E-state index contributed by atoms with van der Waals surface area (Å²) < 4.78 is 1.43. The van der Waals surface area contributed by atoms with Crippen molar-refractivity contribution in [3.05, 3.63) is 97.4 Å². The van der Waals surface area contributed by atoms with Gasteiger partial charge in [0.2, 0.25) is 5.13 Å². The number of nitrogens with one attached hydrogen (secondary N) is 2. The van der Waals surface area contributed by atoms with Crippen LogP contribution in [0.3, 0.4) is 0 Å². The molecule has 0 aliphatic heterocycles. The molecule has 31 heavy (non-hydrogen) atoms. The Morgan fingerprint density at radius 2 is 1.77 bits per heavy atom. The lowest BCUT2D eigenvalue weighted by molar-refractivity contribution is 0.102. The lowest BCUT2D eigenvalue weighted by Gasteiger charge is -2.06. The number of benzene rings is 2. The van der Waals surface area contributed by atoms with E-state index in [0.717, 1.165) is 22.5 Å². The second-order valence-corrected chi connectivity index (χ2v) is 8.68. The minimum atomic E-state index is -0.230. The second kappa shape index (κ2) is 8.35. The van der Waals surface area contributed by atoms with Gasteiger partial charge in [0.15, 0.2) is 0 Å². The Labute approximate surface area is 184 Å². The largest absolute Gasteiger partial charge is 0.321 e. The van der Waals surface area contributed by atoms with E-state index in [0.29, 0.717) is 27.7 Å². The SMILES string of the molecule is Cc1ccc(Cc2c(C)[nH]n(-c3nc(C)c(C(=O)Nc4ccccc4C)s3)c2=O)cc1. The normalized spacial score (nSPS) is 11.0. The fourth-order valence-corrected chi connectivity index (χ4v) is 4.34. The molecule has 0 unspecified atom stereocenters. The van der Waals surface area contributed by atoms with E-state index in [2.05, 4.69) is 15.4 Å². The van der Waals surface area contributed by atoms with Gasteiger partial charge in [-0.15, -0.1) is 0 Å². The summed E-state index contributed by atoms with van der Waals surface area (Å²) >= 11 is 1.20. The number of aromatic amines is 1. The van der Waals surface area contributed by atoms with Crippen LogP contribution in [0.25, 0.3) is 5.13 Å². The Hall–Kier alpha value is -3.45. The highest BCUT2D eigenvalue weighted by Crippen LogP contribution is 2.23. The van der Waals surface area contributed by atoms with Crippen molar-refractivity contribution in [3.8, 4) is 5.13 Å². The van der Waals surface area contributed by atoms with Crippen LogP contribution in [0.5, 0.6) is 0 Å². The number of thiazole rings is 1. The molecule has 0 bridgehead atoms. The van der Waals surface area contributed by atoms with E-state index < -0.39 is 0 Å². The lowest BCUT2D eigenvalue weighted by Crippen LogP contribution is -2.17. The van der Waals surface area contributed by atoms with Crippen molar-refractivity contribution in [2.75, 3.05) is 5.32 Å². The predicted octanol–water partition coefficient (Wildman–Crippen LogP) is 4.70. The van der Waals surface area contributed by atoms with Gasteiger partial charge in [-0.2, -0.15) is 4.68 Å². The monoisotopic (exact) mass is 432 g/mol. The molecule has 2 heterocycles. The van der Waals surface area contributed by atoms with Gasteiger partial charge in [-0.1, -0.05) is 59.4 Å². The average molecular weight is 433 g/mol. The topological polar surface area (TPSA) is 79.8 Å². The number of carbonyl (C=O) groups is 1. The zero-order chi connectivity index (χ0) is 22.1. The summed E-state index contributed by atoms with van der Waals surface area (Å²) in [4.78, 5) is 30.9. The van der Waals surface area contributed by atoms with Crippen LogP contribution in [0.15, 0.2) is 53.3 Å². The molecule has 6 nitrogen and oxygen atoms in total. The smallest absolute Gasteiger partial charge is 0.277 e. The molecule has 0 fully saturated rings. The van der Waals surface area contributed by atoms with Gasteiger partial charge in [0, 0.05) is 23.4 Å². The number of rotatable bonds is 5. The Bertz CT molecular complexity index is 1310. The standard InChI is InChI=1S/C24H24N4O2S/c1-14-9-11-18(12-10-14)13-19-16(3)27-28(23(19)30)24-25-17(4)21(31-24)22(29)26-20-8-6-5-7-15(20)2/h5-12,27H,13H2,1-4H3,(H,26,29). The molecule has 2 N–H and O–H groups in total. The van der Waals surface area contributed by atoms with Crippen LogP contribution in [0.4, 0.5) is 5.69 Å². The molecule has 1 amide bonds. The van der Waals surface area contributed by atoms with E-state index in [1.807, 2.05) is 69.3 Å². The lowest BCUT2D eigenvalue weighted by atomic mass is 10.0. The number of para-hydroxylation sites is 1. The Balaban J connectivity index is 1.62.